The molecule has 2 rings (SSSR count). The summed E-state index contributed by atoms with van der Waals surface area (Å²) in [4.78, 5) is 12.0. The van der Waals surface area contributed by atoms with Gasteiger partial charge in [0.1, 0.15) is 6.10 Å². The van der Waals surface area contributed by atoms with Crippen molar-refractivity contribution in [1.29, 1.82) is 0 Å². The Kier molecular flexibility index (Phi) is 4.75. The van der Waals surface area contributed by atoms with E-state index in [0.717, 1.165) is 17.4 Å². The van der Waals surface area contributed by atoms with E-state index >= 15 is 0 Å². The SMILES string of the molecule is CC(C)(C)NC(=O)OC1CC(Cc2sccc2C(F)(F)F)C1. The average molecular weight is 335 g/mol. The Bertz CT molecular complexity index is 528. The molecule has 1 aromatic heterocycles. The number of carbonyl (C=O) groups is 1. The second-order valence-corrected chi connectivity index (χ2v) is 7.70. The number of alkyl carbamates (subject to hydrolysis) is 1. The fourth-order valence-electron chi connectivity index (χ4n) is 2.44. The molecule has 0 radical (unpaired) electrons. The number of amides is 1. The van der Waals surface area contributed by atoms with Crippen molar-refractivity contribution in [3.8, 4) is 0 Å². The highest BCUT2D eigenvalue weighted by atomic mass is 32.1. The van der Waals surface area contributed by atoms with Gasteiger partial charge in [0.2, 0.25) is 0 Å². The van der Waals surface area contributed by atoms with Crippen molar-refractivity contribution in [2.24, 2.45) is 5.92 Å². The molecule has 1 amide bonds. The first-order valence-corrected chi connectivity index (χ1v) is 8.05. The van der Waals surface area contributed by atoms with E-state index in [9.17, 15) is 18.0 Å². The Morgan fingerprint density at radius 2 is 2.00 bits per heavy atom. The quantitative estimate of drug-likeness (QED) is 0.876. The van der Waals surface area contributed by atoms with Crippen LogP contribution in [0.4, 0.5) is 18.0 Å². The van der Waals surface area contributed by atoms with E-state index in [2.05, 4.69) is 5.32 Å². The van der Waals surface area contributed by atoms with Crippen LogP contribution in [-0.2, 0) is 17.3 Å². The highest BCUT2D eigenvalue weighted by Gasteiger charge is 2.38. The van der Waals surface area contributed by atoms with Crippen molar-refractivity contribution in [1.82, 2.24) is 5.32 Å². The lowest BCUT2D eigenvalue weighted by atomic mass is 9.79. The van der Waals surface area contributed by atoms with Crippen LogP contribution in [0.25, 0.3) is 0 Å². The maximum Gasteiger partial charge on any atom is 0.417 e. The van der Waals surface area contributed by atoms with Crippen molar-refractivity contribution in [2.75, 3.05) is 0 Å². The first-order valence-electron chi connectivity index (χ1n) is 7.17. The maximum absolute atomic E-state index is 12.8. The summed E-state index contributed by atoms with van der Waals surface area (Å²) >= 11 is 1.14. The summed E-state index contributed by atoms with van der Waals surface area (Å²) in [6, 6.07) is 1.13. The van der Waals surface area contributed by atoms with Crippen LogP contribution in [0.5, 0.6) is 0 Å². The van der Waals surface area contributed by atoms with Crippen LogP contribution in [0.3, 0.4) is 0 Å². The molecule has 1 aliphatic carbocycles. The highest BCUT2D eigenvalue weighted by molar-refractivity contribution is 7.10. The molecule has 124 valence electrons. The molecule has 0 aromatic carbocycles. The summed E-state index contributed by atoms with van der Waals surface area (Å²) in [5.74, 6) is 0.146. The largest absolute Gasteiger partial charge is 0.446 e. The van der Waals surface area contributed by atoms with Crippen molar-refractivity contribution in [2.45, 2.75) is 57.9 Å². The number of hydrogen-bond acceptors (Lipinski definition) is 3. The van der Waals surface area contributed by atoms with Gasteiger partial charge in [-0.3, -0.25) is 0 Å². The average Bonchev–Trinajstić information content (AvgIpc) is 2.71. The smallest absolute Gasteiger partial charge is 0.417 e. The number of rotatable bonds is 3. The molecule has 1 heterocycles. The fraction of sp³-hybridized carbons (Fsp3) is 0.667. The van der Waals surface area contributed by atoms with Crippen LogP contribution < -0.4 is 5.32 Å². The van der Waals surface area contributed by atoms with Gasteiger partial charge in [0.25, 0.3) is 0 Å². The van der Waals surface area contributed by atoms with E-state index in [0.29, 0.717) is 24.1 Å². The third-order valence-corrected chi connectivity index (χ3v) is 4.41. The Morgan fingerprint density at radius 1 is 1.36 bits per heavy atom. The van der Waals surface area contributed by atoms with Crippen molar-refractivity contribution in [3.63, 3.8) is 0 Å². The van der Waals surface area contributed by atoms with Crippen LogP contribution in [0.1, 0.15) is 44.1 Å². The normalized spacial score (nSPS) is 22.1. The lowest BCUT2D eigenvalue weighted by Gasteiger charge is -2.35. The molecule has 1 aliphatic rings. The third-order valence-electron chi connectivity index (χ3n) is 3.47. The molecule has 7 heteroatoms. The van der Waals surface area contributed by atoms with Crippen LogP contribution in [0.2, 0.25) is 0 Å². The number of halogens is 3. The van der Waals surface area contributed by atoms with Crippen molar-refractivity contribution < 1.29 is 22.7 Å². The lowest BCUT2D eigenvalue weighted by Crippen LogP contribution is -2.44. The molecular weight excluding hydrogens is 315 g/mol. The fourth-order valence-corrected chi connectivity index (χ4v) is 3.45. The lowest BCUT2D eigenvalue weighted by molar-refractivity contribution is -0.138. The third kappa shape index (κ3) is 4.63. The number of ether oxygens (including phenoxy) is 1. The molecule has 0 unspecified atom stereocenters. The number of alkyl halides is 3. The molecule has 0 atom stereocenters. The summed E-state index contributed by atoms with van der Waals surface area (Å²) in [6.45, 7) is 5.56. The summed E-state index contributed by atoms with van der Waals surface area (Å²) in [7, 11) is 0. The second kappa shape index (κ2) is 6.10. The molecule has 22 heavy (non-hydrogen) atoms. The van der Waals surface area contributed by atoms with Gasteiger partial charge >= 0.3 is 12.3 Å². The van der Waals surface area contributed by atoms with E-state index in [4.69, 9.17) is 4.74 Å². The molecule has 0 aliphatic heterocycles. The van der Waals surface area contributed by atoms with Gasteiger partial charge in [-0.2, -0.15) is 13.2 Å². The van der Waals surface area contributed by atoms with Gasteiger partial charge < -0.3 is 10.1 Å². The molecule has 1 fully saturated rings. The summed E-state index contributed by atoms with van der Waals surface area (Å²) in [5, 5.41) is 4.17. The minimum absolute atomic E-state index is 0.146. The Balaban J connectivity index is 1.79. The second-order valence-electron chi connectivity index (χ2n) is 6.70. The standard InChI is InChI=1S/C15H20F3NO2S/c1-14(2,3)19-13(20)21-10-6-9(7-10)8-12-11(4-5-22-12)15(16,17)18/h4-5,9-10H,6-8H2,1-3H3,(H,19,20). The van der Waals surface area contributed by atoms with Gasteiger partial charge in [0.15, 0.2) is 0 Å². The summed E-state index contributed by atoms with van der Waals surface area (Å²) in [6.07, 6.45) is -3.32. The molecule has 0 saturated heterocycles. The molecule has 0 bridgehead atoms. The molecule has 1 N–H and O–H groups in total. The van der Waals surface area contributed by atoms with E-state index in [1.807, 2.05) is 20.8 Å². The molecular formula is C15H20F3NO2S. The zero-order chi connectivity index (χ0) is 16.5. The van der Waals surface area contributed by atoms with Gasteiger partial charge in [0, 0.05) is 10.4 Å². The first-order chi connectivity index (χ1) is 10.0. The van der Waals surface area contributed by atoms with Gasteiger partial charge in [-0.15, -0.1) is 11.3 Å². The van der Waals surface area contributed by atoms with E-state index in [1.54, 1.807) is 0 Å². The van der Waals surface area contributed by atoms with Crippen molar-refractivity contribution in [3.05, 3.63) is 21.9 Å². The van der Waals surface area contributed by atoms with Crippen LogP contribution in [-0.4, -0.2) is 17.7 Å². The van der Waals surface area contributed by atoms with Crippen molar-refractivity contribution >= 4 is 17.4 Å². The van der Waals surface area contributed by atoms with E-state index in [-0.39, 0.29) is 17.6 Å². The summed E-state index contributed by atoms with van der Waals surface area (Å²) in [5.41, 5.74) is -0.897. The zero-order valence-corrected chi connectivity index (χ0v) is 13.6. The monoisotopic (exact) mass is 335 g/mol. The number of nitrogens with one attached hydrogen (secondary N) is 1. The van der Waals surface area contributed by atoms with Gasteiger partial charge in [-0.05, 0) is 57.4 Å². The van der Waals surface area contributed by atoms with Crippen LogP contribution in [0.15, 0.2) is 11.4 Å². The van der Waals surface area contributed by atoms with E-state index in [1.165, 1.54) is 5.38 Å². The van der Waals surface area contributed by atoms with Gasteiger partial charge in [-0.1, -0.05) is 0 Å². The molecule has 0 spiro atoms. The number of hydrogen-bond donors (Lipinski definition) is 1. The summed E-state index contributed by atoms with van der Waals surface area (Å²) < 4.78 is 43.6. The molecule has 1 saturated carbocycles. The van der Waals surface area contributed by atoms with Crippen LogP contribution >= 0.6 is 11.3 Å². The van der Waals surface area contributed by atoms with E-state index < -0.39 is 17.8 Å². The predicted octanol–water partition coefficient (Wildman–Crippen LogP) is 4.61. The minimum Gasteiger partial charge on any atom is -0.446 e. The predicted molar refractivity (Wildman–Crippen MR) is 78.9 cm³/mol. The molecule has 3 nitrogen and oxygen atoms in total. The number of thiophene rings is 1. The van der Waals surface area contributed by atoms with Gasteiger partial charge in [0.05, 0.1) is 5.56 Å². The topological polar surface area (TPSA) is 38.3 Å². The Morgan fingerprint density at radius 3 is 2.55 bits per heavy atom. The Hall–Kier alpha value is -1.24. The van der Waals surface area contributed by atoms with Gasteiger partial charge in [-0.25, -0.2) is 4.79 Å². The molecule has 1 aromatic rings. The maximum atomic E-state index is 12.8. The minimum atomic E-state index is -4.29. The zero-order valence-electron chi connectivity index (χ0n) is 12.8. The number of carbonyl (C=O) groups excluding carboxylic acids is 1. The highest BCUT2D eigenvalue weighted by Crippen LogP contribution is 2.39. The first kappa shape index (κ1) is 17.1. The Labute approximate surface area is 131 Å². The van der Waals surface area contributed by atoms with Crippen LogP contribution in [0, 0.1) is 5.92 Å².